The Morgan fingerprint density at radius 2 is 2.00 bits per heavy atom. The third-order valence-corrected chi connectivity index (χ3v) is 4.76. The summed E-state index contributed by atoms with van der Waals surface area (Å²) in [4.78, 5) is 4.42. The fraction of sp³-hybridized carbons (Fsp3) is 0.688. The molecule has 0 bridgehead atoms. The van der Waals surface area contributed by atoms with Gasteiger partial charge in [-0.3, -0.25) is 4.18 Å². The standard InChI is InChI=1S/C16H25NO4S/c1-13-14(8-12-20-22(3,18)19)17-15(21-13)7-11-16(2)9-5-4-6-10-16/h7,11H,4-6,8-10,12H2,1-3H3. The molecule has 2 rings (SSSR count). The summed E-state index contributed by atoms with van der Waals surface area (Å²) in [6.07, 6.45) is 11.9. The summed E-state index contributed by atoms with van der Waals surface area (Å²) in [6.45, 7) is 4.20. The van der Waals surface area contributed by atoms with E-state index in [1.165, 1.54) is 32.1 Å². The van der Waals surface area contributed by atoms with Crippen molar-refractivity contribution in [1.82, 2.24) is 4.98 Å². The molecule has 1 aromatic heterocycles. The van der Waals surface area contributed by atoms with E-state index in [0.29, 0.717) is 18.1 Å². The first-order chi connectivity index (χ1) is 10.3. The third-order valence-electron chi connectivity index (χ3n) is 4.17. The second kappa shape index (κ2) is 6.96. The lowest BCUT2D eigenvalue weighted by molar-refractivity contribution is 0.287. The monoisotopic (exact) mass is 327 g/mol. The van der Waals surface area contributed by atoms with Gasteiger partial charge >= 0.3 is 0 Å². The first-order valence-corrected chi connectivity index (χ1v) is 9.59. The molecule has 1 aromatic rings. The van der Waals surface area contributed by atoms with Gasteiger partial charge in [0.2, 0.25) is 5.89 Å². The summed E-state index contributed by atoms with van der Waals surface area (Å²) in [5.74, 6) is 1.30. The molecule has 124 valence electrons. The number of oxazole rings is 1. The van der Waals surface area contributed by atoms with E-state index in [2.05, 4.69) is 18.0 Å². The van der Waals surface area contributed by atoms with Gasteiger partial charge in [0.05, 0.1) is 18.6 Å². The molecule has 0 aromatic carbocycles. The Hall–Kier alpha value is -1.14. The molecule has 0 radical (unpaired) electrons. The molecule has 0 unspecified atom stereocenters. The summed E-state index contributed by atoms with van der Waals surface area (Å²) in [6, 6.07) is 0. The molecule has 1 aliphatic rings. The zero-order chi connectivity index (χ0) is 16.2. The van der Waals surface area contributed by atoms with Crippen LogP contribution in [0.2, 0.25) is 0 Å². The van der Waals surface area contributed by atoms with E-state index in [9.17, 15) is 8.42 Å². The van der Waals surface area contributed by atoms with Crippen molar-refractivity contribution in [3.8, 4) is 0 Å². The van der Waals surface area contributed by atoms with E-state index in [1.54, 1.807) is 0 Å². The van der Waals surface area contributed by atoms with Gasteiger partial charge in [0.25, 0.3) is 10.1 Å². The van der Waals surface area contributed by atoms with Crippen molar-refractivity contribution in [1.29, 1.82) is 0 Å². The van der Waals surface area contributed by atoms with Crippen LogP contribution in [0.4, 0.5) is 0 Å². The smallest absolute Gasteiger partial charge is 0.264 e. The van der Waals surface area contributed by atoms with Gasteiger partial charge in [-0.15, -0.1) is 0 Å². The van der Waals surface area contributed by atoms with Crippen LogP contribution in [-0.2, 0) is 20.7 Å². The van der Waals surface area contributed by atoms with Crippen molar-refractivity contribution in [3.63, 3.8) is 0 Å². The Balaban J connectivity index is 1.97. The topological polar surface area (TPSA) is 69.4 Å². The maximum absolute atomic E-state index is 10.9. The minimum atomic E-state index is -3.41. The Morgan fingerprint density at radius 1 is 1.32 bits per heavy atom. The molecule has 1 aliphatic carbocycles. The average molecular weight is 327 g/mol. The largest absolute Gasteiger partial charge is 0.442 e. The van der Waals surface area contributed by atoms with Crippen LogP contribution in [0.25, 0.3) is 6.08 Å². The van der Waals surface area contributed by atoms with Gasteiger partial charge in [0, 0.05) is 6.42 Å². The third kappa shape index (κ3) is 5.25. The van der Waals surface area contributed by atoms with Crippen LogP contribution in [0.5, 0.6) is 0 Å². The van der Waals surface area contributed by atoms with Crippen molar-refractivity contribution in [2.75, 3.05) is 12.9 Å². The van der Waals surface area contributed by atoms with Crippen LogP contribution < -0.4 is 0 Å². The maximum atomic E-state index is 10.9. The molecule has 0 N–H and O–H groups in total. The fourth-order valence-corrected chi connectivity index (χ4v) is 3.23. The highest BCUT2D eigenvalue weighted by Crippen LogP contribution is 2.37. The summed E-state index contributed by atoms with van der Waals surface area (Å²) in [7, 11) is -3.41. The number of hydrogen-bond donors (Lipinski definition) is 0. The number of hydrogen-bond acceptors (Lipinski definition) is 5. The van der Waals surface area contributed by atoms with Gasteiger partial charge in [0.1, 0.15) is 5.76 Å². The minimum absolute atomic E-state index is 0.0904. The van der Waals surface area contributed by atoms with E-state index in [-0.39, 0.29) is 12.0 Å². The lowest BCUT2D eigenvalue weighted by Gasteiger charge is -2.30. The fourth-order valence-electron chi connectivity index (χ4n) is 2.84. The number of aromatic nitrogens is 1. The zero-order valence-corrected chi connectivity index (χ0v) is 14.4. The maximum Gasteiger partial charge on any atom is 0.264 e. The summed E-state index contributed by atoms with van der Waals surface area (Å²) >= 11 is 0. The molecule has 1 fully saturated rings. The second-order valence-electron chi connectivity index (χ2n) is 6.38. The highest BCUT2D eigenvalue weighted by atomic mass is 32.2. The molecule has 0 saturated heterocycles. The molecule has 0 atom stereocenters. The van der Waals surface area contributed by atoms with Gasteiger partial charge < -0.3 is 4.42 Å². The molecular formula is C16H25NO4S. The Morgan fingerprint density at radius 3 is 2.64 bits per heavy atom. The minimum Gasteiger partial charge on any atom is -0.442 e. The molecule has 5 nitrogen and oxygen atoms in total. The normalized spacial score (nSPS) is 18.9. The summed E-state index contributed by atoms with van der Waals surface area (Å²) in [5, 5.41) is 0. The second-order valence-corrected chi connectivity index (χ2v) is 8.02. The lowest BCUT2D eigenvalue weighted by atomic mass is 9.75. The first kappa shape index (κ1) is 17.2. The van der Waals surface area contributed by atoms with Gasteiger partial charge in [-0.1, -0.05) is 32.3 Å². The molecule has 0 amide bonds. The average Bonchev–Trinajstić information content (AvgIpc) is 2.77. The molecule has 22 heavy (non-hydrogen) atoms. The summed E-state index contributed by atoms with van der Waals surface area (Å²) < 4.78 is 32.3. The predicted molar refractivity (Wildman–Crippen MR) is 86.0 cm³/mol. The molecule has 1 heterocycles. The van der Waals surface area contributed by atoms with Crippen molar-refractivity contribution in [2.24, 2.45) is 5.41 Å². The SMILES string of the molecule is Cc1oc(C=CC2(C)CCCCC2)nc1CCOS(C)(=O)=O. The molecule has 6 heteroatoms. The number of allylic oxidation sites excluding steroid dienone is 1. The van der Waals surface area contributed by atoms with E-state index in [0.717, 1.165) is 11.9 Å². The Labute approximate surface area is 132 Å². The van der Waals surface area contributed by atoms with Crippen molar-refractivity contribution in [2.45, 2.75) is 52.4 Å². The van der Waals surface area contributed by atoms with Crippen LogP contribution in [0, 0.1) is 12.3 Å². The van der Waals surface area contributed by atoms with Gasteiger partial charge in [-0.25, -0.2) is 4.98 Å². The van der Waals surface area contributed by atoms with Crippen molar-refractivity contribution >= 4 is 16.2 Å². The van der Waals surface area contributed by atoms with Crippen molar-refractivity contribution < 1.29 is 17.0 Å². The molecule has 0 aliphatic heterocycles. The van der Waals surface area contributed by atoms with Crippen LogP contribution in [0.1, 0.15) is 56.4 Å². The molecular weight excluding hydrogens is 302 g/mol. The van der Waals surface area contributed by atoms with Crippen molar-refractivity contribution in [3.05, 3.63) is 23.4 Å². The van der Waals surface area contributed by atoms with Crippen LogP contribution >= 0.6 is 0 Å². The predicted octanol–water partition coefficient (Wildman–Crippen LogP) is 3.49. The van der Waals surface area contributed by atoms with Gasteiger partial charge in [-0.2, -0.15) is 8.42 Å². The van der Waals surface area contributed by atoms with Crippen LogP contribution in [0.15, 0.2) is 10.5 Å². The summed E-state index contributed by atoms with van der Waals surface area (Å²) in [5.41, 5.74) is 0.984. The van der Waals surface area contributed by atoms with E-state index in [1.807, 2.05) is 13.0 Å². The quantitative estimate of drug-likeness (QED) is 0.748. The number of aryl methyl sites for hydroxylation is 1. The van der Waals surface area contributed by atoms with E-state index >= 15 is 0 Å². The van der Waals surface area contributed by atoms with E-state index < -0.39 is 10.1 Å². The Bertz CT molecular complexity index is 625. The number of nitrogens with zero attached hydrogens (tertiary/aromatic N) is 1. The van der Waals surface area contributed by atoms with Gasteiger partial charge in [-0.05, 0) is 31.3 Å². The molecule has 1 saturated carbocycles. The number of rotatable bonds is 6. The zero-order valence-electron chi connectivity index (χ0n) is 13.6. The lowest BCUT2D eigenvalue weighted by Crippen LogP contribution is -2.16. The van der Waals surface area contributed by atoms with Crippen LogP contribution in [-0.4, -0.2) is 26.3 Å². The Kier molecular flexibility index (Phi) is 5.45. The highest BCUT2D eigenvalue weighted by molar-refractivity contribution is 7.85. The first-order valence-electron chi connectivity index (χ1n) is 7.77. The van der Waals surface area contributed by atoms with E-state index in [4.69, 9.17) is 8.60 Å². The van der Waals surface area contributed by atoms with Crippen LogP contribution in [0.3, 0.4) is 0 Å². The highest BCUT2D eigenvalue weighted by Gasteiger charge is 2.23. The van der Waals surface area contributed by atoms with Gasteiger partial charge in [0.15, 0.2) is 0 Å². The molecule has 0 spiro atoms.